The van der Waals surface area contributed by atoms with Gasteiger partial charge in [-0.25, -0.2) is 0 Å². The number of benzene rings is 2. The Morgan fingerprint density at radius 2 is 1.00 bits per heavy atom. The van der Waals surface area contributed by atoms with Crippen LogP contribution in [0.2, 0.25) is 0 Å². The van der Waals surface area contributed by atoms with Crippen molar-refractivity contribution in [3.8, 4) is 0 Å². The molecule has 6 heterocycles. The molecule has 2 aromatic rings. The summed E-state index contributed by atoms with van der Waals surface area (Å²) in [6.45, 7) is 12.0. The molecule has 12 bridgehead atoms. The second-order valence-corrected chi connectivity index (χ2v) is 23.5. The van der Waals surface area contributed by atoms with E-state index < -0.39 is 0 Å². The van der Waals surface area contributed by atoms with Gasteiger partial charge in [-0.2, -0.15) is 0 Å². The summed E-state index contributed by atoms with van der Waals surface area (Å²) in [5.41, 5.74) is 4.26. The van der Waals surface area contributed by atoms with Crippen LogP contribution in [0, 0.1) is 39.4 Å². The summed E-state index contributed by atoms with van der Waals surface area (Å²) in [7, 11) is 0. The predicted molar refractivity (Wildman–Crippen MR) is 220 cm³/mol. The van der Waals surface area contributed by atoms with E-state index in [1.165, 1.54) is 101 Å². The molecule has 6 aliphatic heterocycles. The van der Waals surface area contributed by atoms with Crippen LogP contribution in [-0.2, 0) is 25.8 Å². The average molecular weight is 755 g/mol. The number of amides is 2. The molecular formula is C50H66N4O2. The molecule has 14 aliphatic rings. The van der Waals surface area contributed by atoms with Gasteiger partial charge in [-0.3, -0.25) is 9.59 Å². The molecule has 8 aliphatic carbocycles. The van der Waals surface area contributed by atoms with Gasteiger partial charge < -0.3 is 20.4 Å². The second kappa shape index (κ2) is 11.7. The molecule has 2 aromatic carbocycles. The maximum absolute atomic E-state index is 15.1. The van der Waals surface area contributed by atoms with E-state index in [9.17, 15) is 4.79 Å². The zero-order valence-electron chi connectivity index (χ0n) is 34.4. The fourth-order valence-corrected chi connectivity index (χ4v) is 18.4. The highest BCUT2D eigenvalue weighted by atomic mass is 16.2. The van der Waals surface area contributed by atoms with E-state index in [1.54, 1.807) is 0 Å². The molecule has 298 valence electrons. The smallest absolute Gasteiger partial charge is 0.226 e. The van der Waals surface area contributed by atoms with E-state index in [2.05, 4.69) is 88.9 Å². The lowest BCUT2D eigenvalue weighted by atomic mass is 9.33. The van der Waals surface area contributed by atoms with Crippen LogP contribution in [0.15, 0.2) is 54.6 Å². The minimum Gasteiger partial charge on any atom is -0.351 e. The minimum atomic E-state index is -0.340. The number of carbonyl (C=O) groups excluding carboxylic acids is 2. The van der Waals surface area contributed by atoms with Crippen molar-refractivity contribution in [1.82, 2.24) is 20.4 Å². The first-order chi connectivity index (χ1) is 26.9. The van der Waals surface area contributed by atoms with Gasteiger partial charge in [-0.15, -0.1) is 0 Å². The highest BCUT2D eigenvalue weighted by Crippen LogP contribution is 2.75. The van der Waals surface area contributed by atoms with Gasteiger partial charge in [0.1, 0.15) is 0 Å². The molecular weight excluding hydrogens is 689 g/mol. The summed E-state index contributed by atoms with van der Waals surface area (Å²) in [6.07, 6.45) is 18.3. The summed E-state index contributed by atoms with van der Waals surface area (Å²) >= 11 is 0. The molecule has 10 atom stereocenters. The van der Waals surface area contributed by atoms with Crippen molar-refractivity contribution in [3.63, 3.8) is 0 Å². The Morgan fingerprint density at radius 3 is 1.54 bits per heavy atom. The van der Waals surface area contributed by atoms with Gasteiger partial charge in [0.2, 0.25) is 11.8 Å². The summed E-state index contributed by atoms with van der Waals surface area (Å²) in [5, 5.41) is 7.51. The first-order valence-electron chi connectivity index (χ1n) is 23.1. The first kappa shape index (κ1) is 35.3. The van der Waals surface area contributed by atoms with Crippen molar-refractivity contribution >= 4 is 11.8 Å². The van der Waals surface area contributed by atoms with Crippen molar-refractivity contribution in [2.75, 3.05) is 39.3 Å². The normalized spacial score (nSPS) is 50.3. The van der Waals surface area contributed by atoms with Gasteiger partial charge in [0.05, 0.1) is 10.8 Å². The predicted octanol–water partition coefficient (Wildman–Crippen LogP) is 7.89. The number of piperidine rings is 6. The number of fused-ring (bicyclic) bond motifs is 6. The van der Waals surface area contributed by atoms with E-state index in [0.29, 0.717) is 41.7 Å². The Kier molecular flexibility index (Phi) is 7.39. The highest BCUT2D eigenvalue weighted by molar-refractivity contribution is 5.85. The van der Waals surface area contributed by atoms with Crippen LogP contribution in [-0.4, -0.2) is 73.0 Å². The zero-order chi connectivity index (χ0) is 37.8. The minimum absolute atomic E-state index is 0.0128. The highest BCUT2D eigenvalue weighted by Gasteiger charge is 2.70. The van der Waals surface area contributed by atoms with Crippen molar-refractivity contribution < 1.29 is 9.59 Å². The molecule has 8 saturated carbocycles. The van der Waals surface area contributed by atoms with Crippen LogP contribution in [0.5, 0.6) is 0 Å². The zero-order valence-corrected chi connectivity index (χ0v) is 34.4. The number of nitrogens with one attached hydrogen (secondary N) is 2. The second-order valence-electron chi connectivity index (χ2n) is 23.5. The maximum Gasteiger partial charge on any atom is 0.226 e. The van der Waals surface area contributed by atoms with Crippen molar-refractivity contribution in [1.29, 1.82) is 0 Å². The van der Waals surface area contributed by atoms with Crippen LogP contribution in [0.3, 0.4) is 0 Å². The van der Waals surface area contributed by atoms with Gasteiger partial charge in [0.15, 0.2) is 0 Å². The van der Waals surface area contributed by atoms with E-state index >= 15 is 4.79 Å². The SMILES string of the molecule is CC12CC3CC(C(=O)N[C@@H]4CN5CCC4CC5)(C1)CC(c1ccc(C45CC6(C)CC(C(=O)N[C@H]7CN8CCC7CC8)(CC(c7ccccc7)(C6)C4)C5)cc1)(C3)C2. The molecule has 56 heavy (non-hydrogen) atoms. The van der Waals surface area contributed by atoms with Gasteiger partial charge in [0, 0.05) is 25.2 Å². The van der Waals surface area contributed by atoms with Crippen LogP contribution >= 0.6 is 0 Å². The van der Waals surface area contributed by atoms with Gasteiger partial charge >= 0.3 is 0 Å². The van der Waals surface area contributed by atoms with E-state index in [0.717, 1.165) is 58.0 Å². The molecule has 0 radical (unpaired) electrons. The summed E-state index contributed by atoms with van der Waals surface area (Å²) in [6, 6.07) is 22.1. The molecule has 0 spiro atoms. The molecule has 6 saturated heterocycles. The fraction of sp³-hybridized carbons (Fsp3) is 0.720. The Labute approximate surface area is 335 Å². The van der Waals surface area contributed by atoms with Crippen LogP contribution in [0.1, 0.15) is 133 Å². The van der Waals surface area contributed by atoms with Crippen molar-refractivity contribution in [2.24, 2.45) is 39.4 Å². The lowest BCUT2D eigenvalue weighted by molar-refractivity contribution is -0.167. The molecule has 2 N–H and O–H groups in total. The third-order valence-electron chi connectivity index (χ3n) is 19.1. The number of hydrogen-bond donors (Lipinski definition) is 2. The number of carbonyl (C=O) groups is 2. The summed E-state index contributed by atoms with van der Waals surface area (Å²) in [4.78, 5) is 34.8. The van der Waals surface area contributed by atoms with Gasteiger partial charge in [-0.05, 0) is 190 Å². The molecule has 6 heteroatoms. The Hall–Kier alpha value is -2.70. The standard InChI is InChI=1S/C50H66N4O2/c1-44-20-34-21-46(25-44,30-47(22-34,26-44)42(55)51-40-23-53-16-12-35(40)13-17-53)38-8-10-39(11-9-38)49-28-45(2)27-48(31-49,37-6-4-3-5-7-37)32-50(29-45,33-49)43(56)52-41-24-54-18-14-36(41)15-19-54/h3-11,34-36,40-41H,12-33H2,1-2H3,(H,51,55)(H,52,56)/t34?,40-,41+,44?,45?,46?,47?,48?,49?,50?/m1/s1. The van der Waals surface area contributed by atoms with Gasteiger partial charge in [-0.1, -0.05) is 68.4 Å². The molecule has 14 fully saturated rings. The third kappa shape index (κ3) is 5.18. The lowest BCUT2D eigenvalue weighted by Gasteiger charge is -2.70. The fourth-order valence-electron chi connectivity index (χ4n) is 18.4. The van der Waals surface area contributed by atoms with E-state index in [4.69, 9.17) is 0 Å². The Bertz CT molecular complexity index is 1930. The van der Waals surface area contributed by atoms with Crippen molar-refractivity contribution in [2.45, 2.75) is 145 Å². The van der Waals surface area contributed by atoms with Crippen LogP contribution in [0.25, 0.3) is 0 Å². The average Bonchev–Trinajstić information content (AvgIpc) is 3.17. The van der Waals surface area contributed by atoms with Crippen molar-refractivity contribution in [3.05, 3.63) is 71.3 Å². The number of hydrogen-bond acceptors (Lipinski definition) is 4. The molecule has 8 unspecified atom stereocenters. The molecule has 2 amide bonds. The molecule has 0 aromatic heterocycles. The van der Waals surface area contributed by atoms with Gasteiger partial charge in [0.25, 0.3) is 0 Å². The van der Waals surface area contributed by atoms with E-state index in [1.807, 2.05) is 0 Å². The topological polar surface area (TPSA) is 64.7 Å². The largest absolute Gasteiger partial charge is 0.351 e. The number of rotatable bonds is 7. The lowest BCUT2D eigenvalue weighted by Crippen LogP contribution is -2.68. The Balaban J connectivity index is 0.873. The molecule has 6 nitrogen and oxygen atoms in total. The Morgan fingerprint density at radius 1 is 0.518 bits per heavy atom. The number of nitrogens with zero attached hydrogens (tertiary/aromatic N) is 2. The van der Waals surface area contributed by atoms with Crippen LogP contribution in [0.4, 0.5) is 0 Å². The summed E-state index contributed by atoms with van der Waals surface area (Å²) in [5.74, 6) is 2.69. The quantitative estimate of drug-likeness (QED) is 0.302. The molecule has 16 rings (SSSR count). The third-order valence-corrected chi connectivity index (χ3v) is 19.1. The van der Waals surface area contributed by atoms with E-state index in [-0.39, 0.29) is 37.9 Å². The van der Waals surface area contributed by atoms with Crippen LogP contribution < -0.4 is 10.6 Å². The monoisotopic (exact) mass is 755 g/mol. The maximum atomic E-state index is 15.1. The summed E-state index contributed by atoms with van der Waals surface area (Å²) < 4.78 is 0. The first-order valence-corrected chi connectivity index (χ1v) is 23.1.